The molecule has 0 aliphatic heterocycles. The molecule has 0 heterocycles. The molecular formula is C15H23NO2. The second-order valence-electron chi connectivity index (χ2n) is 4.60. The Kier molecular flexibility index (Phi) is 5.69. The van der Waals surface area contributed by atoms with Crippen LogP contribution in [-0.2, 0) is 4.79 Å². The summed E-state index contributed by atoms with van der Waals surface area (Å²) in [6.07, 6.45) is 1.17. The van der Waals surface area contributed by atoms with Gasteiger partial charge in [0.05, 0.1) is 0 Å². The molecule has 1 aromatic carbocycles. The molecule has 1 amide bonds. The van der Waals surface area contributed by atoms with Crippen LogP contribution in [0.3, 0.4) is 0 Å². The smallest absolute Gasteiger partial charge is 0.261 e. The molecule has 2 unspecified atom stereocenters. The fourth-order valence-corrected chi connectivity index (χ4v) is 1.60. The molecule has 2 atom stereocenters. The lowest BCUT2D eigenvalue weighted by Crippen LogP contribution is -2.42. The zero-order chi connectivity index (χ0) is 13.5. The van der Waals surface area contributed by atoms with Crippen molar-refractivity contribution in [2.24, 2.45) is 0 Å². The van der Waals surface area contributed by atoms with Crippen molar-refractivity contribution in [2.45, 2.75) is 52.7 Å². The maximum atomic E-state index is 12.0. The first-order valence-corrected chi connectivity index (χ1v) is 6.61. The van der Waals surface area contributed by atoms with Crippen LogP contribution in [0.25, 0.3) is 0 Å². The maximum Gasteiger partial charge on any atom is 0.261 e. The number of hydrogen-bond donors (Lipinski definition) is 1. The van der Waals surface area contributed by atoms with Gasteiger partial charge in [0.1, 0.15) is 5.75 Å². The van der Waals surface area contributed by atoms with Crippen LogP contribution >= 0.6 is 0 Å². The van der Waals surface area contributed by atoms with Crippen LogP contribution in [-0.4, -0.2) is 18.1 Å². The monoisotopic (exact) mass is 249 g/mol. The molecule has 0 bridgehead atoms. The molecule has 3 heteroatoms. The minimum Gasteiger partial charge on any atom is -0.480 e. The Labute approximate surface area is 110 Å². The molecule has 1 aromatic rings. The van der Waals surface area contributed by atoms with Crippen LogP contribution in [0, 0.1) is 6.92 Å². The molecule has 0 spiro atoms. The van der Waals surface area contributed by atoms with E-state index in [4.69, 9.17) is 4.74 Å². The average molecular weight is 249 g/mol. The Morgan fingerprint density at radius 3 is 2.50 bits per heavy atom. The summed E-state index contributed by atoms with van der Waals surface area (Å²) in [4.78, 5) is 12.0. The Hall–Kier alpha value is -1.51. The molecule has 100 valence electrons. The van der Waals surface area contributed by atoms with Crippen molar-refractivity contribution in [2.75, 3.05) is 0 Å². The lowest BCUT2D eigenvalue weighted by Gasteiger charge is -2.20. The molecule has 1 rings (SSSR count). The molecule has 18 heavy (non-hydrogen) atoms. The first-order valence-electron chi connectivity index (χ1n) is 6.61. The second-order valence-corrected chi connectivity index (χ2v) is 4.60. The maximum absolute atomic E-state index is 12.0. The van der Waals surface area contributed by atoms with Gasteiger partial charge in [-0.15, -0.1) is 0 Å². The number of amides is 1. The number of rotatable bonds is 6. The van der Waals surface area contributed by atoms with Crippen LogP contribution in [0.1, 0.15) is 39.2 Å². The summed E-state index contributed by atoms with van der Waals surface area (Å²) in [6.45, 7) is 7.99. The zero-order valence-electron chi connectivity index (χ0n) is 11.7. The number of aryl methyl sites for hydroxylation is 1. The van der Waals surface area contributed by atoms with E-state index in [-0.39, 0.29) is 11.9 Å². The summed E-state index contributed by atoms with van der Waals surface area (Å²) in [6, 6.07) is 7.94. The highest BCUT2D eigenvalue weighted by Crippen LogP contribution is 2.18. The van der Waals surface area contributed by atoms with Gasteiger partial charge in [-0.1, -0.05) is 32.0 Å². The Balaban J connectivity index is 2.67. The normalized spacial score (nSPS) is 13.8. The van der Waals surface area contributed by atoms with Crippen molar-refractivity contribution < 1.29 is 9.53 Å². The van der Waals surface area contributed by atoms with Gasteiger partial charge in [-0.2, -0.15) is 0 Å². The van der Waals surface area contributed by atoms with E-state index in [1.807, 2.05) is 52.0 Å². The van der Waals surface area contributed by atoms with Crippen LogP contribution in [0.4, 0.5) is 0 Å². The van der Waals surface area contributed by atoms with Gasteiger partial charge in [0, 0.05) is 6.04 Å². The Bertz CT molecular complexity index is 390. The third-order valence-electron chi connectivity index (χ3n) is 3.03. The van der Waals surface area contributed by atoms with E-state index in [0.717, 1.165) is 17.7 Å². The first-order chi connectivity index (χ1) is 8.58. The second kappa shape index (κ2) is 7.04. The molecule has 0 saturated heterocycles. The highest BCUT2D eigenvalue weighted by molar-refractivity contribution is 5.81. The van der Waals surface area contributed by atoms with Gasteiger partial charge in [0.2, 0.25) is 0 Å². The van der Waals surface area contributed by atoms with Crippen molar-refractivity contribution in [1.29, 1.82) is 0 Å². The number of ether oxygens (including phenoxy) is 1. The SMILES string of the molecule is CCC(C)NC(=O)C(CC)Oc1ccccc1C. The predicted molar refractivity (Wildman–Crippen MR) is 73.8 cm³/mol. The van der Waals surface area contributed by atoms with E-state index in [1.54, 1.807) is 0 Å². The van der Waals surface area contributed by atoms with Gasteiger partial charge in [0.15, 0.2) is 6.10 Å². The highest BCUT2D eigenvalue weighted by Gasteiger charge is 2.19. The summed E-state index contributed by atoms with van der Waals surface area (Å²) in [5.41, 5.74) is 1.05. The van der Waals surface area contributed by atoms with Gasteiger partial charge < -0.3 is 10.1 Å². The number of hydrogen-bond acceptors (Lipinski definition) is 2. The largest absolute Gasteiger partial charge is 0.480 e. The molecule has 1 N–H and O–H groups in total. The van der Waals surface area contributed by atoms with Crippen LogP contribution < -0.4 is 10.1 Å². The summed E-state index contributed by atoms with van der Waals surface area (Å²) < 4.78 is 5.79. The minimum absolute atomic E-state index is 0.0323. The lowest BCUT2D eigenvalue weighted by atomic mass is 10.2. The molecule has 0 aliphatic carbocycles. The fraction of sp³-hybridized carbons (Fsp3) is 0.533. The number of carbonyl (C=O) groups excluding carboxylic acids is 1. The summed E-state index contributed by atoms with van der Waals surface area (Å²) in [5.74, 6) is 0.749. The van der Waals surface area contributed by atoms with Gasteiger partial charge in [0.25, 0.3) is 5.91 Å². The van der Waals surface area contributed by atoms with E-state index in [0.29, 0.717) is 6.42 Å². The van der Waals surface area contributed by atoms with Gasteiger partial charge in [-0.05, 0) is 38.3 Å². The van der Waals surface area contributed by atoms with Crippen molar-refractivity contribution in [3.8, 4) is 5.75 Å². The quantitative estimate of drug-likeness (QED) is 0.841. The van der Waals surface area contributed by atoms with Crippen molar-refractivity contribution in [1.82, 2.24) is 5.32 Å². The molecule has 0 saturated carbocycles. The third kappa shape index (κ3) is 4.06. The first kappa shape index (κ1) is 14.6. The lowest BCUT2D eigenvalue weighted by molar-refractivity contribution is -0.128. The number of nitrogens with one attached hydrogen (secondary N) is 1. The molecule has 3 nitrogen and oxygen atoms in total. The summed E-state index contributed by atoms with van der Waals surface area (Å²) >= 11 is 0. The molecule has 0 radical (unpaired) electrons. The van der Waals surface area contributed by atoms with Gasteiger partial charge in [-0.3, -0.25) is 4.79 Å². The third-order valence-corrected chi connectivity index (χ3v) is 3.03. The minimum atomic E-state index is -0.417. The standard InChI is InChI=1S/C15H23NO2/c1-5-12(4)16-15(17)13(6-2)18-14-10-8-7-9-11(14)3/h7-10,12-13H,5-6H2,1-4H3,(H,16,17). The van der Waals surface area contributed by atoms with Crippen molar-refractivity contribution in [3.63, 3.8) is 0 Å². The van der Waals surface area contributed by atoms with E-state index >= 15 is 0 Å². The van der Waals surface area contributed by atoms with Crippen LogP contribution in [0.15, 0.2) is 24.3 Å². The van der Waals surface area contributed by atoms with Crippen molar-refractivity contribution >= 4 is 5.91 Å². The van der Waals surface area contributed by atoms with Crippen LogP contribution in [0.2, 0.25) is 0 Å². The summed E-state index contributed by atoms with van der Waals surface area (Å²) in [5, 5.41) is 2.96. The number of carbonyl (C=O) groups is 1. The van der Waals surface area contributed by atoms with Gasteiger partial charge >= 0.3 is 0 Å². The number of benzene rings is 1. The Morgan fingerprint density at radius 1 is 1.28 bits per heavy atom. The molecule has 0 fully saturated rings. The fourth-order valence-electron chi connectivity index (χ4n) is 1.60. The van der Waals surface area contributed by atoms with Crippen LogP contribution in [0.5, 0.6) is 5.75 Å². The molecular weight excluding hydrogens is 226 g/mol. The summed E-state index contributed by atoms with van der Waals surface area (Å²) in [7, 11) is 0. The zero-order valence-corrected chi connectivity index (χ0v) is 11.7. The van der Waals surface area contributed by atoms with E-state index in [9.17, 15) is 4.79 Å². The molecule has 0 aliphatic rings. The van der Waals surface area contributed by atoms with E-state index in [2.05, 4.69) is 5.32 Å². The Morgan fingerprint density at radius 2 is 1.94 bits per heavy atom. The highest BCUT2D eigenvalue weighted by atomic mass is 16.5. The number of para-hydroxylation sites is 1. The predicted octanol–water partition coefficient (Wildman–Crippen LogP) is 3.07. The van der Waals surface area contributed by atoms with E-state index < -0.39 is 6.10 Å². The van der Waals surface area contributed by atoms with Crippen molar-refractivity contribution in [3.05, 3.63) is 29.8 Å². The van der Waals surface area contributed by atoms with Gasteiger partial charge in [-0.25, -0.2) is 0 Å². The van der Waals surface area contributed by atoms with E-state index in [1.165, 1.54) is 0 Å². The average Bonchev–Trinajstić information content (AvgIpc) is 2.37. The topological polar surface area (TPSA) is 38.3 Å². The molecule has 0 aromatic heterocycles.